The predicted molar refractivity (Wildman–Crippen MR) is 76.1 cm³/mol. The van der Waals surface area contributed by atoms with E-state index in [0.29, 0.717) is 6.54 Å². The normalized spacial score (nSPS) is 22.9. The van der Waals surface area contributed by atoms with Crippen LogP contribution in [0.1, 0.15) is 37.8 Å². The van der Waals surface area contributed by atoms with E-state index >= 15 is 0 Å². The lowest BCUT2D eigenvalue weighted by atomic mass is 9.86. The summed E-state index contributed by atoms with van der Waals surface area (Å²) in [6.45, 7) is 8.80. The average Bonchev–Trinajstić information content (AvgIpc) is 2.75. The van der Waals surface area contributed by atoms with Gasteiger partial charge in [0.05, 0.1) is 5.92 Å². The number of rotatable bonds is 2. The fraction of sp³-hybridized carbons (Fsp3) is 0.562. The zero-order chi connectivity index (χ0) is 14.9. The highest BCUT2D eigenvalue weighted by Gasteiger charge is 2.37. The first-order valence-corrected chi connectivity index (χ1v) is 6.97. The molecule has 0 spiro atoms. The second-order valence-electron chi connectivity index (χ2n) is 6.41. The molecule has 1 aliphatic rings. The second-order valence-corrected chi connectivity index (χ2v) is 6.41. The van der Waals surface area contributed by atoms with Crippen molar-refractivity contribution in [2.24, 2.45) is 5.92 Å². The van der Waals surface area contributed by atoms with Crippen LogP contribution in [-0.2, 0) is 9.53 Å². The van der Waals surface area contributed by atoms with E-state index in [0.717, 1.165) is 17.7 Å². The van der Waals surface area contributed by atoms with Crippen molar-refractivity contribution in [2.75, 3.05) is 13.1 Å². The Morgan fingerprint density at radius 1 is 1.35 bits per heavy atom. The van der Waals surface area contributed by atoms with Crippen molar-refractivity contribution in [2.45, 2.75) is 39.2 Å². The summed E-state index contributed by atoms with van der Waals surface area (Å²) in [5.74, 6) is -0.592. The molecule has 1 saturated heterocycles. The van der Waals surface area contributed by atoms with Gasteiger partial charge in [0.15, 0.2) is 0 Å². The molecular formula is C16H22FNO2. The smallest absolute Gasteiger partial charge is 0.311 e. The Hall–Kier alpha value is -1.42. The summed E-state index contributed by atoms with van der Waals surface area (Å²) in [4.78, 5) is 12.3. The van der Waals surface area contributed by atoms with Gasteiger partial charge in [-0.05, 0) is 51.0 Å². The standard InChI is InChI=1S/C16H22FNO2/c1-10-7-11(17)5-6-12(10)13-8-18-9-14(13)15(19)20-16(2,3)4/h5-7,13-14,18H,8-9H2,1-4H3. The molecule has 1 aromatic carbocycles. The van der Waals surface area contributed by atoms with Crippen LogP contribution in [0.15, 0.2) is 18.2 Å². The van der Waals surface area contributed by atoms with Gasteiger partial charge in [0.25, 0.3) is 0 Å². The summed E-state index contributed by atoms with van der Waals surface area (Å²) in [6, 6.07) is 4.74. The molecule has 20 heavy (non-hydrogen) atoms. The molecule has 4 heteroatoms. The van der Waals surface area contributed by atoms with Gasteiger partial charge in [0.1, 0.15) is 11.4 Å². The maximum Gasteiger partial charge on any atom is 0.311 e. The summed E-state index contributed by atoms with van der Waals surface area (Å²) in [7, 11) is 0. The summed E-state index contributed by atoms with van der Waals surface area (Å²) < 4.78 is 18.7. The van der Waals surface area contributed by atoms with Crippen molar-refractivity contribution in [3.05, 3.63) is 35.1 Å². The van der Waals surface area contributed by atoms with Crippen molar-refractivity contribution in [3.63, 3.8) is 0 Å². The van der Waals surface area contributed by atoms with Gasteiger partial charge in [-0.3, -0.25) is 4.79 Å². The lowest BCUT2D eigenvalue weighted by Gasteiger charge is -2.25. The van der Waals surface area contributed by atoms with Gasteiger partial charge in [0.2, 0.25) is 0 Å². The van der Waals surface area contributed by atoms with E-state index in [1.807, 2.05) is 27.7 Å². The van der Waals surface area contributed by atoms with Crippen LogP contribution >= 0.6 is 0 Å². The molecule has 1 aromatic rings. The van der Waals surface area contributed by atoms with Crippen LogP contribution in [0.2, 0.25) is 0 Å². The van der Waals surface area contributed by atoms with Gasteiger partial charge < -0.3 is 10.1 Å². The molecule has 2 rings (SSSR count). The van der Waals surface area contributed by atoms with E-state index in [9.17, 15) is 9.18 Å². The second kappa shape index (κ2) is 5.52. The van der Waals surface area contributed by atoms with Crippen LogP contribution in [0.5, 0.6) is 0 Å². The number of esters is 1. The topological polar surface area (TPSA) is 38.3 Å². The summed E-state index contributed by atoms with van der Waals surface area (Å²) in [5.41, 5.74) is 1.42. The van der Waals surface area contributed by atoms with Crippen LogP contribution in [0.4, 0.5) is 4.39 Å². The first-order chi connectivity index (χ1) is 9.28. The third kappa shape index (κ3) is 3.37. The van der Waals surface area contributed by atoms with Crippen LogP contribution in [0.25, 0.3) is 0 Å². The van der Waals surface area contributed by atoms with E-state index in [-0.39, 0.29) is 23.6 Å². The number of aryl methyl sites for hydroxylation is 1. The molecular weight excluding hydrogens is 257 g/mol. The van der Waals surface area contributed by atoms with E-state index in [4.69, 9.17) is 4.74 Å². The van der Waals surface area contributed by atoms with Gasteiger partial charge in [-0.25, -0.2) is 4.39 Å². The highest BCUT2D eigenvalue weighted by molar-refractivity contribution is 5.75. The Kier molecular flexibility index (Phi) is 4.14. The first kappa shape index (κ1) is 15.0. The van der Waals surface area contributed by atoms with E-state index in [1.54, 1.807) is 6.07 Å². The third-order valence-corrected chi connectivity index (χ3v) is 3.56. The SMILES string of the molecule is Cc1cc(F)ccc1C1CNCC1C(=O)OC(C)(C)C. The maximum atomic E-state index is 13.2. The van der Waals surface area contributed by atoms with Gasteiger partial charge in [0, 0.05) is 19.0 Å². The van der Waals surface area contributed by atoms with Crippen molar-refractivity contribution >= 4 is 5.97 Å². The third-order valence-electron chi connectivity index (χ3n) is 3.56. The molecule has 1 fully saturated rings. The quantitative estimate of drug-likeness (QED) is 0.846. The fourth-order valence-electron chi connectivity index (χ4n) is 2.69. The molecule has 110 valence electrons. The number of carbonyl (C=O) groups excluding carboxylic acids is 1. The number of carbonyl (C=O) groups is 1. The Morgan fingerprint density at radius 3 is 2.65 bits per heavy atom. The van der Waals surface area contributed by atoms with Crippen LogP contribution < -0.4 is 5.32 Å². The molecule has 2 unspecified atom stereocenters. The fourth-order valence-corrected chi connectivity index (χ4v) is 2.69. The van der Waals surface area contributed by atoms with Crippen LogP contribution in [0.3, 0.4) is 0 Å². The molecule has 0 aliphatic carbocycles. The van der Waals surface area contributed by atoms with E-state index in [2.05, 4.69) is 5.32 Å². The molecule has 0 bridgehead atoms. The Bertz CT molecular complexity index is 508. The minimum Gasteiger partial charge on any atom is -0.460 e. The van der Waals surface area contributed by atoms with Crippen molar-refractivity contribution in [1.82, 2.24) is 5.32 Å². The Labute approximate surface area is 119 Å². The first-order valence-electron chi connectivity index (χ1n) is 6.97. The summed E-state index contributed by atoms with van der Waals surface area (Å²) >= 11 is 0. The van der Waals surface area contributed by atoms with Gasteiger partial charge >= 0.3 is 5.97 Å². The van der Waals surface area contributed by atoms with Gasteiger partial charge in [-0.2, -0.15) is 0 Å². The van der Waals surface area contributed by atoms with E-state index in [1.165, 1.54) is 12.1 Å². The molecule has 0 radical (unpaired) electrons. The predicted octanol–water partition coefficient (Wildman–Crippen LogP) is 2.78. The number of benzene rings is 1. The highest BCUT2D eigenvalue weighted by atomic mass is 19.1. The van der Waals surface area contributed by atoms with Crippen molar-refractivity contribution in [1.29, 1.82) is 0 Å². The molecule has 0 amide bonds. The molecule has 3 nitrogen and oxygen atoms in total. The highest BCUT2D eigenvalue weighted by Crippen LogP contribution is 2.32. The molecule has 0 aromatic heterocycles. The molecule has 1 heterocycles. The molecule has 1 N–H and O–H groups in total. The number of hydrogen-bond donors (Lipinski definition) is 1. The number of nitrogens with one attached hydrogen (secondary N) is 1. The Balaban J connectivity index is 2.21. The maximum absolute atomic E-state index is 13.2. The minimum absolute atomic E-state index is 0.0467. The summed E-state index contributed by atoms with van der Waals surface area (Å²) in [6.07, 6.45) is 0. The largest absolute Gasteiger partial charge is 0.460 e. The Morgan fingerprint density at radius 2 is 2.05 bits per heavy atom. The number of hydrogen-bond acceptors (Lipinski definition) is 3. The van der Waals surface area contributed by atoms with Gasteiger partial charge in [-0.15, -0.1) is 0 Å². The minimum atomic E-state index is -0.484. The molecule has 0 saturated carbocycles. The van der Waals surface area contributed by atoms with Crippen LogP contribution in [-0.4, -0.2) is 24.7 Å². The zero-order valence-electron chi connectivity index (χ0n) is 12.5. The molecule has 1 aliphatic heterocycles. The summed E-state index contributed by atoms with van der Waals surface area (Å²) in [5, 5.41) is 3.23. The molecule has 2 atom stereocenters. The number of halogens is 1. The average molecular weight is 279 g/mol. The lowest BCUT2D eigenvalue weighted by molar-refractivity contribution is -0.159. The van der Waals surface area contributed by atoms with Crippen LogP contribution in [0, 0.1) is 18.7 Å². The van der Waals surface area contributed by atoms with Crippen molar-refractivity contribution in [3.8, 4) is 0 Å². The van der Waals surface area contributed by atoms with Crippen molar-refractivity contribution < 1.29 is 13.9 Å². The monoisotopic (exact) mass is 279 g/mol. The lowest BCUT2D eigenvalue weighted by Crippen LogP contribution is -2.32. The van der Waals surface area contributed by atoms with E-state index < -0.39 is 5.60 Å². The zero-order valence-corrected chi connectivity index (χ0v) is 12.5. The van der Waals surface area contributed by atoms with Gasteiger partial charge in [-0.1, -0.05) is 6.07 Å². The number of ether oxygens (including phenoxy) is 1.